The Labute approximate surface area is 159 Å². The van der Waals surface area contributed by atoms with Crippen LogP contribution in [0.5, 0.6) is 0 Å². The third-order valence-electron chi connectivity index (χ3n) is 4.67. The molecular formula is C20H22N2O4S. The first-order valence-electron chi connectivity index (χ1n) is 8.86. The predicted molar refractivity (Wildman–Crippen MR) is 103 cm³/mol. The summed E-state index contributed by atoms with van der Waals surface area (Å²) < 4.78 is 26.6. The molecule has 1 N–H and O–H groups in total. The summed E-state index contributed by atoms with van der Waals surface area (Å²) in [6, 6.07) is 12.5. The van der Waals surface area contributed by atoms with Gasteiger partial charge in [0.05, 0.1) is 4.90 Å². The average Bonchev–Trinajstić information content (AvgIpc) is 3.05. The van der Waals surface area contributed by atoms with Crippen molar-refractivity contribution in [3.05, 3.63) is 59.7 Å². The number of carbonyl (C=O) groups excluding carboxylic acids is 2. The number of amides is 2. The fourth-order valence-electron chi connectivity index (χ4n) is 3.07. The molecule has 7 heteroatoms. The van der Waals surface area contributed by atoms with Crippen molar-refractivity contribution in [2.45, 2.75) is 44.0 Å². The van der Waals surface area contributed by atoms with Crippen molar-refractivity contribution in [2.24, 2.45) is 0 Å². The van der Waals surface area contributed by atoms with Gasteiger partial charge in [0.25, 0.3) is 10.0 Å². The van der Waals surface area contributed by atoms with E-state index in [1.165, 1.54) is 12.1 Å². The minimum absolute atomic E-state index is 0.00782. The molecule has 3 rings (SSSR count). The van der Waals surface area contributed by atoms with Gasteiger partial charge in [-0.15, -0.1) is 0 Å². The van der Waals surface area contributed by atoms with Crippen LogP contribution in [0.2, 0.25) is 0 Å². The Bertz CT molecular complexity index is 950. The van der Waals surface area contributed by atoms with Gasteiger partial charge in [-0.25, -0.2) is 12.7 Å². The number of hydrogen-bond acceptors (Lipinski definition) is 4. The summed E-state index contributed by atoms with van der Waals surface area (Å²) in [4.78, 5) is 25.0. The van der Waals surface area contributed by atoms with Crippen LogP contribution in [0.3, 0.4) is 0 Å². The van der Waals surface area contributed by atoms with E-state index in [1.54, 1.807) is 24.3 Å². The van der Waals surface area contributed by atoms with E-state index in [0.29, 0.717) is 5.69 Å². The molecule has 1 fully saturated rings. The highest BCUT2D eigenvalue weighted by Crippen LogP contribution is 2.28. The smallest absolute Gasteiger partial charge is 0.267 e. The van der Waals surface area contributed by atoms with Crippen molar-refractivity contribution in [1.82, 2.24) is 4.31 Å². The molecule has 2 aromatic rings. The topological polar surface area (TPSA) is 83.6 Å². The largest absolute Gasteiger partial charge is 0.324 e. The van der Waals surface area contributed by atoms with Gasteiger partial charge in [-0.3, -0.25) is 9.59 Å². The minimum atomic E-state index is -4.08. The molecule has 1 saturated heterocycles. The van der Waals surface area contributed by atoms with Crippen LogP contribution in [0.1, 0.15) is 30.9 Å². The number of benzene rings is 2. The quantitative estimate of drug-likeness (QED) is 0.856. The standard InChI is InChI=1S/C20H22N2O4S/c1-3-15-6-8-16(9-7-15)21-20(24)18-12-13-19(23)22(18)27(25,26)17-10-4-14(2)5-11-17/h4-11,18H,3,12-13H2,1-2H3,(H,21,24). The average molecular weight is 386 g/mol. The Morgan fingerprint density at radius 2 is 1.74 bits per heavy atom. The first-order chi connectivity index (χ1) is 12.8. The number of nitrogens with zero attached hydrogens (tertiary/aromatic N) is 1. The zero-order valence-electron chi connectivity index (χ0n) is 15.3. The van der Waals surface area contributed by atoms with Gasteiger partial charge in [0.1, 0.15) is 6.04 Å². The van der Waals surface area contributed by atoms with Crippen LogP contribution in [0.15, 0.2) is 53.4 Å². The van der Waals surface area contributed by atoms with Crippen molar-refractivity contribution in [3.63, 3.8) is 0 Å². The van der Waals surface area contributed by atoms with E-state index >= 15 is 0 Å². The summed E-state index contributed by atoms with van der Waals surface area (Å²) in [5.74, 6) is -1.06. The molecule has 1 aliphatic rings. The highest BCUT2D eigenvalue weighted by atomic mass is 32.2. The first kappa shape index (κ1) is 19.1. The maximum Gasteiger partial charge on any atom is 0.267 e. The lowest BCUT2D eigenvalue weighted by molar-refractivity contribution is -0.128. The van der Waals surface area contributed by atoms with Gasteiger partial charge in [-0.05, 0) is 49.6 Å². The third-order valence-corrected chi connectivity index (χ3v) is 6.51. The summed E-state index contributed by atoms with van der Waals surface area (Å²) in [7, 11) is -4.08. The van der Waals surface area contributed by atoms with Gasteiger partial charge in [-0.1, -0.05) is 36.8 Å². The number of anilines is 1. The van der Waals surface area contributed by atoms with Crippen molar-refractivity contribution in [1.29, 1.82) is 0 Å². The van der Waals surface area contributed by atoms with Crippen LogP contribution in [-0.4, -0.2) is 30.6 Å². The number of nitrogens with one attached hydrogen (secondary N) is 1. The van der Waals surface area contributed by atoms with E-state index in [9.17, 15) is 18.0 Å². The number of carbonyl (C=O) groups is 2. The van der Waals surface area contributed by atoms with Gasteiger partial charge >= 0.3 is 0 Å². The van der Waals surface area contributed by atoms with E-state index in [0.717, 1.165) is 21.9 Å². The Morgan fingerprint density at radius 3 is 2.33 bits per heavy atom. The number of rotatable bonds is 5. The van der Waals surface area contributed by atoms with E-state index in [-0.39, 0.29) is 17.7 Å². The summed E-state index contributed by atoms with van der Waals surface area (Å²) in [5, 5.41) is 2.72. The fourth-order valence-corrected chi connectivity index (χ4v) is 4.68. The molecule has 0 bridgehead atoms. The molecule has 1 aliphatic heterocycles. The van der Waals surface area contributed by atoms with Gasteiger partial charge < -0.3 is 5.32 Å². The number of hydrogen-bond donors (Lipinski definition) is 1. The van der Waals surface area contributed by atoms with Gasteiger partial charge in [0.15, 0.2) is 0 Å². The maximum absolute atomic E-state index is 12.9. The van der Waals surface area contributed by atoms with Crippen LogP contribution in [0.25, 0.3) is 0 Å². The lowest BCUT2D eigenvalue weighted by atomic mass is 10.1. The molecule has 1 heterocycles. The Morgan fingerprint density at radius 1 is 1.11 bits per heavy atom. The van der Waals surface area contributed by atoms with Crippen LogP contribution < -0.4 is 5.32 Å². The lowest BCUT2D eigenvalue weighted by Gasteiger charge is -2.23. The highest BCUT2D eigenvalue weighted by Gasteiger charge is 2.44. The Kier molecular flexibility index (Phi) is 5.32. The van der Waals surface area contributed by atoms with Crippen LogP contribution in [-0.2, 0) is 26.0 Å². The second kappa shape index (κ2) is 7.52. The van der Waals surface area contributed by atoms with Gasteiger partial charge in [0, 0.05) is 12.1 Å². The minimum Gasteiger partial charge on any atom is -0.324 e. The monoisotopic (exact) mass is 386 g/mol. The third kappa shape index (κ3) is 3.88. The molecule has 1 atom stereocenters. The van der Waals surface area contributed by atoms with E-state index < -0.39 is 27.9 Å². The van der Waals surface area contributed by atoms with Crippen LogP contribution in [0, 0.1) is 6.92 Å². The summed E-state index contributed by atoms with van der Waals surface area (Å²) in [6.45, 7) is 3.88. The fraction of sp³-hybridized carbons (Fsp3) is 0.300. The van der Waals surface area contributed by atoms with Crippen molar-refractivity contribution >= 4 is 27.5 Å². The zero-order chi connectivity index (χ0) is 19.6. The van der Waals surface area contributed by atoms with Crippen molar-refractivity contribution < 1.29 is 18.0 Å². The Hall–Kier alpha value is -2.67. The molecule has 1 unspecified atom stereocenters. The van der Waals surface area contributed by atoms with E-state index in [4.69, 9.17) is 0 Å². The van der Waals surface area contributed by atoms with Crippen molar-refractivity contribution in [3.8, 4) is 0 Å². The first-order valence-corrected chi connectivity index (χ1v) is 10.3. The van der Waals surface area contributed by atoms with Gasteiger partial charge in [0.2, 0.25) is 11.8 Å². The summed E-state index contributed by atoms with van der Waals surface area (Å²) in [6.07, 6.45) is 1.08. The molecule has 0 aliphatic carbocycles. The molecule has 0 spiro atoms. The second-order valence-electron chi connectivity index (χ2n) is 6.60. The second-order valence-corrected chi connectivity index (χ2v) is 8.42. The lowest BCUT2D eigenvalue weighted by Crippen LogP contribution is -2.45. The maximum atomic E-state index is 12.9. The summed E-state index contributed by atoms with van der Waals surface area (Å²) >= 11 is 0. The van der Waals surface area contributed by atoms with Crippen molar-refractivity contribution in [2.75, 3.05) is 5.32 Å². The highest BCUT2D eigenvalue weighted by molar-refractivity contribution is 7.89. The molecule has 6 nitrogen and oxygen atoms in total. The van der Waals surface area contributed by atoms with Gasteiger partial charge in [-0.2, -0.15) is 0 Å². The molecular weight excluding hydrogens is 364 g/mol. The Balaban J connectivity index is 1.84. The molecule has 0 radical (unpaired) electrons. The van der Waals surface area contributed by atoms with E-state index in [1.807, 2.05) is 26.0 Å². The summed E-state index contributed by atoms with van der Waals surface area (Å²) in [5.41, 5.74) is 2.61. The molecule has 0 aromatic heterocycles. The van der Waals surface area contributed by atoms with Crippen LogP contribution >= 0.6 is 0 Å². The predicted octanol–water partition coefficient (Wildman–Crippen LogP) is 2.88. The number of aryl methyl sites for hydroxylation is 2. The van der Waals surface area contributed by atoms with Crippen LogP contribution in [0.4, 0.5) is 5.69 Å². The number of sulfonamides is 1. The molecule has 2 aromatic carbocycles. The van der Waals surface area contributed by atoms with E-state index in [2.05, 4.69) is 5.32 Å². The molecule has 27 heavy (non-hydrogen) atoms. The molecule has 142 valence electrons. The molecule has 0 saturated carbocycles. The SMILES string of the molecule is CCc1ccc(NC(=O)C2CCC(=O)N2S(=O)(=O)c2ccc(C)cc2)cc1. The molecule has 2 amide bonds. The zero-order valence-corrected chi connectivity index (χ0v) is 16.1. The normalized spacial score (nSPS) is 17.2.